The third-order valence-corrected chi connectivity index (χ3v) is 4.20. The van der Waals surface area contributed by atoms with Crippen LogP contribution >= 0.6 is 22.9 Å². The van der Waals surface area contributed by atoms with E-state index in [1.165, 1.54) is 11.3 Å². The number of ether oxygens (including phenoxy) is 1. The summed E-state index contributed by atoms with van der Waals surface area (Å²) in [7, 11) is 0. The van der Waals surface area contributed by atoms with Gasteiger partial charge in [0.2, 0.25) is 0 Å². The van der Waals surface area contributed by atoms with Crippen LogP contribution in [0.3, 0.4) is 0 Å². The first-order valence-corrected chi connectivity index (χ1v) is 6.32. The van der Waals surface area contributed by atoms with Gasteiger partial charge in [0.1, 0.15) is 0 Å². The lowest BCUT2D eigenvalue weighted by atomic mass is 9.85. The molecule has 0 bridgehead atoms. The molecule has 1 saturated heterocycles. The van der Waals surface area contributed by atoms with Crippen LogP contribution in [-0.4, -0.2) is 23.9 Å². The Morgan fingerprint density at radius 1 is 1.67 bits per heavy atom. The van der Waals surface area contributed by atoms with Gasteiger partial charge in [-0.2, -0.15) is 0 Å². The van der Waals surface area contributed by atoms with Gasteiger partial charge >= 0.3 is 0 Å². The van der Waals surface area contributed by atoms with Crippen LogP contribution < -0.4 is 0 Å². The Morgan fingerprint density at radius 2 is 2.47 bits per heavy atom. The topological polar surface area (TPSA) is 29.5 Å². The molecule has 0 radical (unpaired) electrons. The molecule has 15 heavy (non-hydrogen) atoms. The van der Waals surface area contributed by atoms with Crippen LogP contribution in [0.15, 0.2) is 12.1 Å². The summed E-state index contributed by atoms with van der Waals surface area (Å²) < 4.78 is 6.08. The fraction of sp³-hybridized carbons (Fsp3) is 0.636. The van der Waals surface area contributed by atoms with Gasteiger partial charge < -0.3 is 9.84 Å². The quantitative estimate of drug-likeness (QED) is 0.889. The van der Waals surface area contributed by atoms with Gasteiger partial charge in [-0.1, -0.05) is 11.6 Å². The van der Waals surface area contributed by atoms with Crippen LogP contribution in [0, 0.1) is 5.92 Å². The van der Waals surface area contributed by atoms with Gasteiger partial charge in [-0.15, -0.1) is 11.3 Å². The molecular formula is C11H15ClO2S. The van der Waals surface area contributed by atoms with Crippen molar-refractivity contribution < 1.29 is 9.84 Å². The lowest BCUT2D eigenvalue weighted by molar-refractivity contribution is -0.00389. The van der Waals surface area contributed by atoms with Gasteiger partial charge in [0.15, 0.2) is 0 Å². The zero-order valence-electron chi connectivity index (χ0n) is 8.70. The van der Waals surface area contributed by atoms with Crippen LogP contribution in [0.2, 0.25) is 4.34 Å². The molecule has 0 amide bonds. The average molecular weight is 247 g/mol. The molecule has 1 fully saturated rings. The van der Waals surface area contributed by atoms with Gasteiger partial charge in [-0.05, 0) is 25.5 Å². The van der Waals surface area contributed by atoms with Gasteiger partial charge in [0.25, 0.3) is 0 Å². The fourth-order valence-electron chi connectivity index (χ4n) is 1.97. The Morgan fingerprint density at radius 3 is 3.00 bits per heavy atom. The Labute approximate surface area is 98.8 Å². The van der Waals surface area contributed by atoms with E-state index in [1.54, 1.807) is 0 Å². The van der Waals surface area contributed by atoms with Crippen molar-refractivity contribution >= 4 is 22.9 Å². The molecule has 0 spiro atoms. The lowest BCUT2D eigenvalue weighted by Crippen LogP contribution is -2.37. The molecule has 2 heterocycles. The van der Waals surface area contributed by atoms with Crippen molar-refractivity contribution in [3.05, 3.63) is 21.3 Å². The molecular weight excluding hydrogens is 232 g/mol. The molecule has 2 rings (SSSR count). The number of rotatable bonds is 3. The largest absolute Gasteiger partial charge is 0.389 e. The Hall–Kier alpha value is -0.0900. The summed E-state index contributed by atoms with van der Waals surface area (Å²) in [5.74, 6) is 0.248. The second-order valence-corrected chi connectivity index (χ2v) is 6.10. The van der Waals surface area contributed by atoms with Crippen molar-refractivity contribution in [2.45, 2.75) is 25.4 Å². The highest BCUT2D eigenvalue weighted by Gasteiger charge is 2.35. The number of hydrogen-bond acceptors (Lipinski definition) is 3. The number of thiophene rings is 1. The zero-order valence-corrected chi connectivity index (χ0v) is 10.3. The van der Waals surface area contributed by atoms with E-state index in [4.69, 9.17) is 16.3 Å². The molecule has 1 aromatic heterocycles. The van der Waals surface area contributed by atoms with E-state index in [1.807, 2.05) is 19.1 Å². The summed E-state index contributed by atoms with van der Waals surface area (Å²) in [5, 5.41) is 10.4. The van der Waals surface area contributed by atoms with Crippen molar-refractivity contribution in [3.8, 4) is 0 Å². The normalized spacial score (nSPS) is 25.4. The minimum Gasteiger partial charge on any atom is -0.389 e. The zero-order chi connectivity index (χ0) is 10.9. The second-order valence-electron chi connectivity index (χ2n) is 4.30. The molecule has 2 atom stereocenters. The summed E-state index contributed by atoms with van der Waals surface area (Å²) in [4.78, 5) is 1.14. The maximum Gasteiger partial charge on any atom is 0.0931 e. The van der Waals surface area contributed by atoms with Crippen molar-refractivity contribution in [3.63, 3.8) is 0 Å². The molecule has 0 aliphatic carbocycles. The SMILES string of the molecule is CC(O)(Cc1ccc(Cl)s1)C1CCOC1. The monoisotopic (exact) mass is 246 g/mol. The highest BCUT2D eigenvalue weighted by Crippen LogP contribution is 2.32. The van der Waals surface area contributed by atoms with Crippen LogP contribution in [0.25, 0.3) is 0 Å². The van der Waals surface area contributed by atoms with Gasteiger partial charge in [0.05, 0.1) is 16.5 Å². The van der Waals surface area contributed by atoms with Crippen molar-refractivity contribution in [1.82, 2.24) is 0 Å². The lowest BCUT2D eigenvalue weighted by Gasteiger charge is -2.28. The number of aliphatic hydroxyl groups is 1. The molecule has 1 aliphatic heterocycles. The van der Waals surface area contributed by atoms with Gasteiger partial charge in [-0.3, -0.25) is 0 Å². The highest BCUT2D eigenvalue weighted by atomic mass is 35.5. The second kappa shape index (κ2) is 4.42. The first-order chi connectivity index (χ1) is 7.08. The third kappa shape index (κ3) is 2.72. The summed E-state index contributed by atoms with van der Waals surface area (Å²) in [6.07, 6.45) is 1.62. The average Bonchev–Trinajstić information content (AvgIpc) is 2.75. The number of halogens is 1. The standard InChI is InChI=1S/C11H15ClO2S/c1-11(13,8-4-5-14-7-8)6-9-2-3-10(12)15-9/h2-3,8,13H,4-7H2,1H3. The van der Waals surface area contributed by atoms with E-state index >= 15 is 0 Å². The molecule has 0 aromatic carbocycles. The Balaban J connectivity index is 2.02. The molecule has 2 nitrogen and oxygen atoms in total. The van der Waals surface area contributed by atoms with Crippen LogP contribution in [-0.2, 0) is 11.2 Å². The van der Waals surface area contributed by atoms with E-state index in [2.05, 4.69) is 0 Å². The maximum atomic E-state index is 10.4. The molecule has 1 N–H and O–H groups in total. The highest BCUT2D eigenvalue weighted by molar-refractivity contribution is 7.16. The number of hydrogen-bond donors (Lipinski definition) is 1. The first kappa shape index (κ1) is 11.4. The van der Waals surface area contributed by atoms with E-state index in [-0.39, 0.29) is 5.92 Å². The van der Waals surface area contributed by atoms with E-state index in [0.29, 0.717) is 13.0 Å². The van der Waals surface area contributed by atoms with Crippen LogP contribution in [0.4, 0.5) is 0 Å². The van der Waals surface area contributed by atoms with Crippen molar-refractivity contribution in [2.24, 2.45) is 5.92 Å². The third-order valence-electron chi connectivity index (χ3n) is 2.97. The molecule has 4 heteroatoms. The van der Waals surface area contributed by atoms with Crippen LogP contribution in [0.5, 0.6) is 0 Å². The molecule has 1 aliphatic rings. The fourth-order valence-corrected chi connectivity index (χ4v) is 3.22. The molecule has 1 aromatic rings. The van der Waals surface area contributed by atoms with Crippen molar-refractivity contribution in [1.29, 1.82) is 0 Å². The molecule has 2 unspecified atom stereocenters. The maximum absolute atomic E-state index is 10.4. The van der Waals surface area contributed by atoms with E-state index in [9.17, 15) is 5.11 Å². The minimum atomic E-state index is -0.676. The minimum absolute atomic E-state index is 0.248. The van der Waals surface area contributed by atoms with E-state index < -0.39 is 5.60 Å². The predicted octanol–water partition coefficient (Wildman–Crippen LogP) is 2.73. The smallest absolute Gasteiger partial charge is 0.0931 e. The summed E-state index contributed by atoms with van der Waals surface area (Å²) in [6.45, 7) is 3.33. The van der Waals surface area contributed by atoms with Crippen molar-refractivity contribution in [2.75, 3.05) is 13.2 Å². The van der Waals surface area contributed by atoms with Gasteiger partial charge in [0, 0.05) is 23.8 Å². The Kier molecular flexibility index (Phi) is 3.36. The predicted molar refractivity (Wildman–Crippen MR) is 62.6 cm³/mol. The summed E-state index contributed by atoms with van der Waals surface area (Å²) in [5.41, 5.74) is -0.676. The first-order valence-electron chi connectivity index (χ1n) is 5.12. The van der Waals surface area contributed by atoms with Gasteiger partial charge in [-0.25, -0.2) is 0 Å². The summed E-state index contributed by atoms with van der Waals surface area (Å²) >= 11 is 7.40. The summed E-state index contributed by atoms with van der Waals surface area (Å²) in [6, 6.07) is 3.86. The molecule has 0 saturated carbocycles. The van der Waals surface area contributed by atoms with Crippen LogP contribution in [0.1, 0.15) is 18.2 Å². The Bertz CT molecular complexity index is 329. The van der Waals surface area contributed by atoms with E-state index in [0.717, 1.165) is 22.2 Å². The molecule has 84 valence electrons.